The highest BCUT2D eigenvalue weighted by Crippen LogP contribution is 2.29. The van der Waals surface area contributed by atoms with Crippen LogP contribution in [0.4, 0.5) is 0 Å². The second-order valence-electron chi connectivity index (χ2n) is 7.76. The largest absolute Gasteiger partial charge is 0.488 e. The fourth-order valence-corrected chi connectivity index (χ4v) is 4.45. The van der Waals surface area contributed by atoms with Crippen molar-refractivity contribution in [2.45, 2.75) is 6.61 Å². The van der Waals surface area contributed by atoms with E-state index in [1.807, 2.05) is 91.0 Å². The van der Waals surface area contributed by atoms with E-state index in [2.05, 4.69) is 15.8 Å². The molecule has 0 unspecified atom stereocenters. The van der Waals surface area contributed by atoms with Crippen molar-refractivity contribution in [2.24, 2.45) is 5.10 Å². The number of carbonyl (C=O) groups excluding carboxylic acids is 2. The minimum atomic E-state index is -0.346. The molecular weight excluding hydrogens is 458 g/mol. The van der Waals surface area contributed by atoms with Crippen molar-refractivity contribution >= 4 is 45.6 Å². The van der Waals surface area contributed by atoms with Gasteiger partial charge in [-0.15, -0.1) is 5.10 Å². The van der Waals surface area contributed by atoms with E-state index in [0.717, 1.165) is 33.7 Å². The van der Waals surface area contributed by atoms with Gasteiger partial charge in [0, 0.05) is 11.1 Å². The number of para-hydroxylation sites is 1. The van der Waals surface area contributed by atoms with Gasteiger partial charge in [-0.1, -0.05) is 84.9 Å². The minimum Gasteiger partial charge on any atom is -0.488 e. The Balaban J connectivity index is 1.29. The summed E-state index contributed by atoms with van der Waals surface area (Å²) in [4.78, 5) is 25.7. The average Bonchev–Trinajstić information content (AvgIpc) is 3.25. The maximum atomic E-state index is 12.7. The molecule has 1 fully saturated rings. The maximum Gasteiger partial charge on any atom is 0.272 e. The SMILES string of the molecule is O=C1N/C(=N\NC(=O)c2cccc3ccccc23)S/C1=C\c1ccccc1OCc1ccccc1. The molecule has 0 aromatic heterocycles. The van der Waals surface area contributed by atoms with Crippen LogP contribution in [-0.2, 0) is 11.4 Å². The first-order valence-corrected chi connectivity index (χ1v) is 11.8. The van der Waals surface area contributed by atoms with Gasteiger partial charge in [0.2, 0.25) is 0 Å². The van der Waals surface area contributed by atoms with E-state index >= 15 is 0 Å². The molecule has 4 aromatic carbocycles. The monoisotopic (exact) mass is 479 g/mol. The van der Waals surface area contributed by atoms with E-state index in [0.29, 0.717) is 28.0 Å². The number of hydrazone groups is 1. The van der Waals surface area contributed by atoms with Gasteiger partial charge >= 0.3 is 0 Å². The van der Waals surface area contributed by atoms with Crippen molar-refractivity contribution in [3.05, 3.63) is 119 Å². The number of thioether (sulfide) groups is 1. The second kappa shape index (κ2) is 10.3. The van der Waals surface area contributed by atoms with Gasteiger partial charge in [0.15, 0.2) is 5.17 Å². The van der Waals surface area contributed by atoms with Crippen LogP contribution in [0.5, 0.6) is 5.75 Å². The quantitative estimate of drug-likeness (QED) is 0.290. The van der Waals surface area contributed by atoms with Crippen LogP contribution < -0.4 is 15.5 Å². The molecule has 5 rings (SSSR count). The number of carbonyl (C=O) groups is 2. The predicted octanol–water partition coefficient (Wildman–Crippen LogP) is 5.32. The Kier molecular flexibility index (Phi) is 6.59. The van der Waals surface area contributed by atoms with Gasteiger partial charge in [-0.3, -0.25) is 14.9 Å². The summed E-state index contributed by atoms with van der Waals surface area (Å²) in [6.45, 7) is 0.424. The van der Waals surface area contributed by atoms with Crippen LogP contribution in [0.2, 0.25) is 0 Å². The fourth-order valence-electron chi connectivity index (χ4n) is 3.67. The lowest BCUT2D eigenvalue weighted by molar-refractivity contribution is -0.115. The maximum absolute atomic E-state index is 12.7. The fraction of sp³-hybridized carbons (Fsp3) is 0.0357. The number of hydrogen-bond acceptors (Lipinski definition) is 5. The van der Waals surface area contributed by atoms with E-state index < -0.39 is 0 Å². The number of nitrogens with zero attached hydrogens (tertiary/aromatic N) is 1. The molecule has 2 amide bonds. The van der Waals surface area contributed by atoms with E-state index in [-0.39, 0.29) is 11.8 Å². The minimum absolute atomic E-state index is 0.286. The van der Waals surface area contributed by atoms with Gasteiger partial charge in [0.25, 0.3) is 11.8 Å². The topological polar surface area (TPSA) is 79.8 Å². The molecule has 7 heteroatoms. The first-order valence-electron chi connectivity index (χ1n) is 11.0. The molecule has 0 saturated carbocycles. The standard InChI is InChI=1S/C28H21N3O3S/c32-26(23-15-8-13-20-11-4-6-14-22(20)23)30-31-28-29-27(33)25(35-28)17-21-12-5-7-16-24(21)34-18-19-9-2-1-3-10-19/h1-17H,18H2,(H,30,32)(H,29,31,33)/b25-17-. The summed E-state index contributed by atoms with van der Waals surface area (Å²) < 4.78 is 5.99. The van der Waals surface area contributed by atoms with Crippen LogP contribution >= 0.6 is 11.8 Å². The molecule has 1 aliphatic rings. The Hall–Kier alpha value is -4.36. The Bertz CT molecular complexity index is 1460. The van der Waals surface area contributed by atoms with Crippen molar-refractivity contribution < 1.29 is 14.3 Å². The molecule has 35 heavy (non-hydrogen) atoms. The smallest absolute Gasteiger partial charge is 0.272 e. The van der Waals surface area contributed by atoms with Gasteiger partial charge < -0.3 is 4.74 Å². The third kappa shape index (κ3) is 5.26. The number of fused-ring (bicyclic) bond motifs is 1. The van der Waals surface area contributed by atoms with Gasteiger partial charge in [0.05, 0.1) is 4.91 Å². The van der Waals surface area contributed by atoms with Gasteiger partial charge in [-0.05, 0) is 46.3 Å². The van der Waals surface area contributed by atoms with Gasteiger partial charge in [-0.2, -0.15) is 0 Å². The molecule has 2 N–H and O–H groups in total. The van der Waals surface area contributed by atoms with Crippen LogP contribution in [0.1, 0.15) is 21.5 Å². The third-order valence-electron chi connectivity index (χ3n) is 5.39. The number of rotatable bonds is 6. The van der Waals surface area contributed by atoms with Crippen LogP contribution in [0.25, 0.3) is 16.8 Å². The normalized spacial score (nSPS) is 15.4. The summed E-state index contributed by atoms with van der Waals surface area (Å²) >= 11 is 1.16. The van der Waals surface area contributed by atoms with Crippen molar-refractivity contribution in [1.29, 1.82) is 0 Å². The molecule has 0 spiro atoms. The van der Waals surface area contributed by atoms with E-state index in [1.54, 1.807) is 12.1 Å². The molecular formula is C28H21N3O3S. The number of benzene rings is 4. The van der Waals surface area contributed by atoms with Crippen LogP contribution in [0.3, 0.4) is 0 Å². The van der Waals surface area contributed by atoms with Crippen molar-refractivity contribution in [2.75, 3.05) is 0 Å². The number of nitrogens with one attached hydrogen (secondary N) is 2. The first kappa shape index (κ1) is 22.4. The van der Waals surface area contributed by atoms with E-state index in [4.69, 9.17) is 4.74 Å². The zero-order valence-corrected chi connectivity index (χ0v) is 19.4. The highest BCUT2D eigenvalue weighted by molar-refractivity contribution is 8.18. The van der Waals surface area contributed by atoms with Gasteiger partial charge in [-0.25, -0.2) is 5.43 Å². The Morgan fingerprint density at radius 2 is 1.66 bits per heavy atom. The molecule has 1 aliphatic heterocycles. The molecule has 6 nitrogen and oxygen atoms in total. The molecule has 0 bridgehead atoms. The highest BCUT2D eigenvalue weighted by atomic mass is 32.2. The van der Waals surface area contributed by atoms with Crippen LogP contribution in [-0.4, -0.2) is 17.0 Å². The number of amides is 2. The van der Waals surface area contributed by atoms with Crippen molar-refractivity contribution in [3.8, 4) is 5.75 Å². The second-order valence-corrected chi connectivity index (χ2v) is 8.79. The highest BCUT2D eigenvalue weighted by Gasteiger charge is 2.25. The lowest BCUT2D eigenvalue weighted by Gasteiger charge is -2.09. The lowest BCUT2D eigenvalue weighted by atomic mass is 10.0. The Labute approximate surface area is 206 Å². The van der Waals surface area contributed by atoms with Crippen molar-refractivity contribution in [3.63, 3.8) is 0 Å². The number of hydrogen-bond donors (Lipinski definition) is 2. The van der Waals surface area contributed by atoms with E-state index in [9.17, 15) is 9.59 Å². The number of ether oxygens (including phenoxy) is 1. The molecule has 1 saturated heterocycles. The molecule has 172 valence electrons. The number of amidine groups is 1. The first-order chi connectivity index (χ1) is 17.2. The molecule has 0 atom stereocenters. The summed E-state index contributed by atoms with van der Waals surface area (Å²) in [5.74, 6) is 0.0409. The van der Waals surface area contributed by atoms with E-state index in [1.165, 1.54) is 0 Å². The molecule has 0 radical (unpaired) electrons. The summed E-state index contributed by atoms with van der Waals surface area (Å²) in [5.41, 5.74) is 4.90. The third-order valence-corrected chi connectivity index (χ3v) is 6.30. The summed E-state index contributed by atoms with van der Waals surface area (Å²) in [5, 5.41) is 8.93. The van der Waals surface area contributed by atoms with Crippen molar-refractivity contribution in [1.82, 2.24) is 10.7 Å². The molecule has 1 heterocycles. The van der Waals surface area contributed by atoms with Crippen LogP contribution in [0.15, 0.2) is 107 Å². The molecule has 4 aromatic rings. The summed E-state index contributed by atoms with van der Waals surface area (Å²) in [6.07, 6.45) is 1.76. The lowest BCUT2D eigenvalue weighted by Crippen LogP contribution is -2.25. The summed E-state index contributed by atoms with van der Waals surface area (Å²) in [7, 11) is 0. The molecule has 0 aliphatic carbocycles. The Morgan fingerprint density at radius 3 is 2.54 bits per heavy atom. The van der Waals surface area contributed by atoms with Crippen LogP contribution in [0, 0.1) is 0 Å². The average molecular weight is 480 g/mol. The predicted molar refractivity (Wildman–Crippen MR) is 140 cm³/mol. The summed E-state index contributed by atoms with van der Waals surface area (Å²) in [6, 6.07) is 30.6. The van der Waals surface area contributed by atoms with Gasteiger partial charge in [0.1, 0.15) is 12.4 Å². The Morgan fingerprint density at radius 1 is 0.914 bits per heavy atom. The zero-order valence-electron chi connectivity index (χ0n) is 18.6. The zero-order chi connectivity index (χ0) is 24.0.